The van der Waals surface area contributed by atoms with Crippen molar-refractivity contribution in [3.05, 3.63) is 76.1 Å². The summed E-state index contributed by atoms with van der Waals surface area (Å²) in [6.45, 7) is 2.26. The zero-order chi connectivity index (χ0) is 17.2. The molecule has 1 aromatic heterocycles. The Morgan fingerprint density at radius 3 is 2.84 bits per heavy atom. The summed E-state index contributed by atoms with van der Waals surface area (Å²) in [6.07, 6.45) is 0.571. The van der Waals surface area contributed by atoms with Crippen LogP contribution in [0.3, 0.4) is 0 Å². The van der Waals surface area contributed by atoms with E-state index in [-0.39, 0.29) is 11.7 Å². The van der Waals surface area contributed by atoms with Crippen LogP contribution in [-0.2, 0) is 4.84 Å². The van der Waals surface area contributed by atoms with Crippen molar-refractivity contribution in [3.63, 3.8) is 0 Å². The number of benzene rings is 2. The molecular formula is C20H17NO4. The smallest absolute Gasteiger partial charge is 0.336 e. The van der Waals surface area contributed by atoms with Gasteiger partial charge in [-0.05, 0) is 30.2 Å². The molecule has 0 bridgehead atoms. The fourth-order valence-electron chi connectivity index (χ4n) is 2.90. The molecule has 4 rings (SSSR count). The van der Waals surface area contributed by atoms with Crippen molar-refractivity contribution in [2.24, 2.45) is 5.16 Å². The summed E-state index contributed by atoms with van der Waals surface area (Å²) in [5.41, 5.74) is 3.04. The lowest BCUT2D eigenvalue weighted by atomic mass is 10.1. The van der Waals surface area contributed by atoms with Crippen molar-refractivity contribution >= 4 is 16.7 Å². The third kappa shape index (κ3) is 3.26. The van der Waals surface area contributed by atoms with Crippen molar-refractivity contribution in [2.75, 3.05) is 6.61 Å². The zero-order valence-corrected chi connectivity index (χ0v) is 13.8. The maximum Gasteiger partial charge on any atom is 0.336 e. The molecule has 0 spiro atoms. The normalized spacial score (nSPS) is 16.5. The van der Waals surface area contributed by atoms with E-state index in [1.54, 1.807) is 6.07 Å². The molecule has 5 heteroatoms. The Morgan fingerprint density at radius 1 is 1.16 bits per heavy atom. The average molecular weight is 335 g/mol. The lowest BCUT2D eigenvalue weighted by Gasteiger charge is -2.11. The number of hydrogen-bond acceptors (Lipinski definition) is 5. The molecule has 25 heavy (non-hydrogen) atoms. The Balaban J connectivity index is 1.43. The molecule has 0 saturated heterocycles. The van der Waals surface area contributed by atoms with Crippen LogP contribution >= 0.6 is 0 Å². The molecule has 126 valence electrons. The summed E-state index contributed by atoms with van der Waals surface area (Å²) >= 11 is 0. The molecule has 1 atom stereocenters. The van der Waals surface area contributed by atoms with Crippen LogP contribution in [0.25, 0.3) is 11.0 Å². The SMILES string of the molecule is Cc1cc(=O)oc2cc(OC[C@@H]3CC(c4ccccc4)=NO3)ccc12. The Morgan fingerprint density at radius 2 is 2.00 bits per heavy atom. The fourth-order valence-corrected chi connectivity index (χ4v) is 2.90. The van der Waals surface area contributed by atoms with Gasteiger partial charge >= 0.3 is 5.63 Å². The molecule has 2 heterocycles. The van der Waals surface area contributed by atoms with Gasteiger partial charge in [-0.2, -0.15) is 0 Å². The van der Waals surface area contributed by atoms with E-state index in [2.05, 4.69) is 5.16 Å². The zero-order valence-electron chi connectivity index (χ0n) is 13.8. The quantitative estimate of drug-likeness (QED) is 0.683. The van der Waals surface area contributed by atoms with Crippen molar-refractivity contribution < 1.29 is 14.0 Å². The lowest BCUT2D eigenvalue weighted by molar-refractivity contribution is 0.0471. The molecule has 0 aliphatic carbocycles. The first kappa shape index (κ1) is 15.4. The molecule has 3 aromatic rings. The Kier molecular flexibility index (Phi) is 3.98. The third-order valence-corrected chi connectivity index (χ3v) is 4.20. The first-order valence-corrected chi connectivity index (χ1v) is 8.14. The molecule has 1 aliphatic heterocycles. The van der Waals surface area contributed by atoms with E-state index in [4.69, 9.17) is 14.0 Å². The highest BCUT2D eigenvalue weighted by Gasteiger charge is 2.22. The second kappa shape index (κ2) is 6.43. The summed E-state index contributed by atoms with van der Waals surface area (Å²) in [5.74, 6) is 0.637. The maximum absolute atomic E-state index is 11.5. The number of hydrogen-bond donors (Lipinski definition) is 0. The predicted molar refractivity (Wildman–Crippen MR) is 95.2 cm³/mol. The van der Waals surface area contributed by atoms with Crippen LogP contribution in [0, 0.1) is 6.92 Å². The number of nitrogens with zero attached hydrogens (tertiary/aromatic N) is 1. The summed E-state index contributed by atoms with van der Waals surface area (Å²) < 4.78 is 11.0. The van der Waals surface area contributed by atoms with Crippen molar-refractivity contribution in [1.82, 2.24) is 0 Å². The van der Waals surface area contributed by atoms with E-state index in [9.17, 15) is 4.79 Å². The Bertz CT molecular complexity index is 991. The van der Waals surface area contributed by atoms with Gasteiger partial charge in [0, 0.05) is 23.9 Å². The van der Waals surface area contributed by atoms with Gasteiger partial charge in [-0.3, -0.25) is 0 Å². The highest BCUT2D eigenvalue weighted by Crippen LogP contribution is 2.23. The molecule has 0 N–H and O–H groups in total. The Hall–Kier alpha value is -3.08. The van der Waals surface area contributed by atoms with Gasteiger partial charge in [-0.15, -0.1) is 0 Å². The van der Waals surface area contributed by atoms with Crippen molar-refractivity contribution in [1.29, 1.82) is 0 Å². The number of fused-ring (bicyclic) bond motifs is 1. The highest BCUT2D eigenvalue weighted by molar-refractivity contribution is 6.01. The summed E-state index contributed by atoms with van der Waals surface area (Å²) in [4.78, 5) is 17.0. The van der Waals surface area contributed by atoms with Crippen LogP contribution in [0.1, 0.15) is 17.5 Å². The molecule has 1 aliphatic rings. The fraction of sp³-hybridized carbons (Fsp3) is 0.200. The molecule has 0 saturated carbocycles. The first-order valence-electron chi connectivity index (χ1n) is 8.14. The second-order valence-corrected chi connectivity index (χ2v) is 6.05. The average Bonchev–Trinajstić information content (AvgIpc) is 3.09. The number of oxime groups is 1. The maximum atomic E-state index is 11.5. The molecule has 2 aromatic carbocycles. The van der Waals surface area contributed by atoms with Gasteiger partial charge in [-0.1, -0.05) is 35.5 Å². The van der Waals surface area contributed by atoms with Gasteiger partial charge in [-0.25, -0.2) is 4.79 Å². The number of aryl methyl sites for hydroxylation is 1. The number of ether oxygens (including phenoxy) is 1. The third-order valence-electron chi connectivity index (χ3n) is 4.20. The minimum Gasteiger partial charge on any atom is -0.489 e. The summed E-state index contributed by atoms with van der Waals surface area (Å²) in [5, 5.41) is 5.05. The van der Waals surface area contributed by atoms with E-state index in [1.807, 2.05) is 49.4 Å². The van der Waals surface area contributed by atoms with E-state index in [1.165, 1.54) is 6.07 Å². The second-order valence-electron chi connectivity index (χ2n) is 6.05. The predicted octanol–water partition coefficient (Wildman–Crippen LogP) is 3.67. The molecular weight excluding hydrogens is 318 g/mol. The largest absolute Gasteiger partial charge is 0.489 e. The molecule has 0 fully saturated rings. The van der Waals surface area contributed by atoms with Crippen LogP contribution in [-0.4, -0.2) is 18.4 Å². The van der Waals surface area contributed by atoms with Crippen molar-refractivity contribution in [3.8, 4) is 5.75 Å². The molecule has 0 radical (unpaired) electrons. The molecule has 0 unspecified atom stereocenters. The lowest BCUT2D eigenvalue weighted by Crippen LogP contribution is -2.18. The van der Waals surface area contributed by atoms with Gasteiger partial charge < -0.3 is 14.0 Å². The van der Waals surface area contributed by atoms with Gasteiger partial charge in [0.15, 0.2) is 6.10 Å². The van der Waals surface area contributed by atoms with Crippen LogP contribution < -0.4 is 10.4 Å². The standard InChI is InChI=1S/C20H17NO4/c1-13-9-20(22)24-19-11-15(7-8-17(13)19)23-12-16-10-18(21-25-16)14-5-3-2-4-6-14/h2-9,11,16H,10,12H2,1H3/t16-/m0/s1. The van der Waals surface area contributed by atoms with E-state index in [0.717, 1.165) is 22.2 Å². The van der Waals surface area contributed by atoms with Crippen LogP contribution in [0.4, 0.5) is 0 Å². The summed E-state index contributed by atoms with van der Waals surface area (Å²) in [7, 11) is 0. The van der Waals surface area contributed by atoms with Crippen LogP contribution in [0.5, 0.6) is 5.75 Å². The minimum absolute atomic E-state index is 0.129. The minimum atomic E-state index is -0.359. The highest BCUT2D eigenvalue weighted by atomic mass is 16.7. The van der Waals surface area contributed by atoms with Gasteiger partial charge in [0.05, 0.1) is 5.71 Å². The van der Waals surface area contributed by atoms with Gasteiger partial charge in [0.1, 0.15) is 17.9 Å². The van der Waals surface area contributed by atoms with Crippen LogP contribution in [0.2, 0.25) is 0 Å². The summed E-state index contributed by atoms with van der Waals surface area (Å²) in [6, 6.07) is 16.9. The van der Waals surface area contributed by atoms with Crippen molar-refractivity contribution in [2.45, 2.75) is 19.4 Å². The van der Waals surface area contributed by atoms with Gasteiger partial charge in [0.2, 0.25) is 0 Å². The molecule has 5 nitrogen and oxygen atoms in total. The van der Waals surface area contributed by atoms with E-state index >= 15 is 0 Å². The first-order chi connectivity index (χ1) is 12.2. The monoisotopic (exact) mass is 335 g/mol. The number of rotatable bonds is 4. The van der Waals surface area contributed by atoms with E-state index < -0.39 is 0 Å². The molecule has 0 amide bonds. The topological polar surface area (TPSA) is 61.0 Å². The Labute approximate surface area is 144 Å². The van der Waals surface area contributed by atoms with Crippen LogP contribution in [0.15, 0.2) is 69.0 Å². The van der Waals surface area contributed by atoms with E-state index in [0.29, 0.717) is 24.4 Å². The van der Waals surface area contributed by atoms with Gasteiger partial charge in [0.25, 0.3) is 0 Å².